The van der Waals surface area contributed by atoms with Gasteiger partial charge in [-0.05, 0) is 36.8 Å². The molecule has 0 saturated heterocycles. The predicted molar refractivity (Wildman–Crippen MR) is 68.6 cm³/mol. The van der Waals surface area contributed by atoms with E-state index >= 15 is 0 Å². The van der Waals surface area contributed by atoms with Gasteiger partial charge in [0, 0.05) is 0 Å². The maximum Gasteiger partial charge on any atom is 0.272 e. The number of aromatic amines is 1. The molecule has 0 spiro atoms. The Bertz CT molecular complexity index is 737. The van der Waals surface area contributed by atoms with E-state index in [-0.39, 0.29) is 5.56 Å². The number of aromatic nitrogens is 2. The number of aryl methyl sites for hydroxylation is 1. The van der Waals surface area contributed by atoms with Crippen LogP contribution in [-0.4, -0.2) is 9.78 Å². The van der Waals surface area contributed by atoms with E-state index < -0.39 is 0 Å². The average Bonchev–Trinajstić information content (AvgIpc) is 2.68. The number of fused-ring (bicyclic) bond motifs is 1. The van der Waals surface area contributed by atoms with Gasteiger partial charge in [-0.2, -0.15) is 0 Å². The number of nitrogens with zero attached hydrogens (tertiary/aromatic N) is 1. The highest BCUT2D eigenvalue weighted by Gasteiger charge is 2.06. The Hall–Kier alpha value is -2.29. The zero-order valence-electron chi connectivity index (χ0n) is 9.47. The fourth-order valence-electron chi connectivity index (χ4n) is 2.05. The summed E-state index contributed by atoms with van der Waals surface area (Å²) in [7, 11) is 0. The normalized spacial score (nSPS) is 10.9. The lowest BCUT2D eigenvalue weighted by molar-refractivity contribution is 0.890. The topological polar surface area (TPSA) is 37.8 Å². The van der Waals surface area contributed by atoms with Crippen LogP contribution < -0.4 is 5.56 Å². The van der Waals surface area contributed by atoms with Crippen molar-refractivity contribution >= 4 is 10.9 Å². The molecule has 3 nitrogen and oxygen atoms in total. The molecule has 0 unspecified atom stereocenters. The second-order valence-corrected chi connectivity index (χ2v) is 4.13. The first-order chi connectivity index (χ1) is 8.25. The third-order valence-corrected chi connectivity index (χ3v) is 2.86. The third kappa shape index (κ3) is 1.56. The maximum atomic E-state index is 11.8. The van der Waals surface area contributed by atoms with E-state index in [0.717, 1.165) is 11.2 Å². The van der Waals surface area contributed by atoms with E-state index in [1.807, 2.05) is 60.1 Å². The summed E-state index contributed by atoms with van der Waals surface area (Å²) in [5.74, 6) is 0. The Morgan fingerprint density at radius 3 is 2.71 bits per heavy atom. The Balaban J connectivity index is 2.35. The van der Waals surface area contributed by atoms with Crippen molar-refractivity contribution in [3.05, 3.63) is 64.4 Å². The quantitative estimate of drug-likeness (QED) is 0.678. The van der Waals surface area contributed by atoms with Crippen molar-refractivity contribution in [1.29, 1.82) is 0 Å². The molecule has 84 valence electrons. The van der Waals surface area contributed by atoms with Gasteiger partial charge in [0.15, 0.2) is 0 Å². The molecule has 17 heavy (non-hydrogen) atoms. The third-order valence-electron chi connectivity index (χ3n) is 2.86. The predicted octanol–water partition coefficient (Wildman–Crippen LogP) is 2.63. The monoisotopic (exact) mass is 224 g/mol. The van der Waals surface area contributed by atoms with Crippen molar-refractivity contribution in [1.82, 2.24) is 9.78 Å². The number of H-pyrrole nitrogens is 1. The molecule has 0 saturated carbocycles. The van der Waals surface area contributed by atoms with Crippen LogP contribution in [0.15, 0.2) is 53.3 Å². The Morgan fingerprint density at radius 1 is 1.06 bits per heavy atom. The minimum absolute atomic E-state index is 0.0536. The second-order valence-electron chi connectivity index (χ2n) is 4.13. The van der Waals surface area contributed by atoms with Crippen LogP contribution in [0.25, 0.3) is 16.6 Å². The van der Waals surface area contributed by atoms with Gasteiger partial charge in [-0.25, -0.2) is 0 Å². The standard InChI is InChI=1S/C14H12N2O/c1-10-5-4-6-11(9-10)16-13-8-3-2-7-12(13)14(17)15-16/h2-9H,1H3,(H,15,17). The maximum absolute atomic E-state index is 11.8. The Kier molecular flexibility index (Phi) is 2.11. The molecule has 1 N–H and O–H groups in total. The van der Waals surface area contributed by atoms with Crippen LogP contribution in [0.3, 0.4) is 0 Å². The van der Waals surface area contributed by atoms with E-state index in [4.69, 9.17) is 0 Å². The van der Waals surface area contributed by atoms with Crippen molar-refractivity contribution < 1.29 is 0 Å². The van der Waals surface area contributed by atoms with E-state index in [2.05, 4.69) is 5.10 Å². The Labute approximate surface area is 98.3 Å². The van der Waals surface area contributed by atoms with Crippen LogP contribution >= 0.6 is 0 Å². The number of hydrogen-bond donors (Lipinski definition) is 1. The highest BCUT2D eigenvalue weighted by molar-refractivity contribution is 5.79. The summed E-state index contributed by atoms with van der Waals surface area (Å²) >= 11 is 0. The minimum atomic E-state index is -0.0536. The lowest BCUT2D eigenvalue weighted by Crippen LogP contribution is -2.03. The van der Waals surface area contributed by atoms with Gasteiger partial charge in [-0.3, -0.25) is 14.6 Å². The molecule has 2 aromatic carbocycles. The van der Waals surface area contributed by atoms with Crippen LogP contribution in [0.2, 0.25) is 0 Å². The molecule has 0 bridgehead atoms. The van der Waals surface area contributed by atoms with Crippen molar-refractivity contribution in [2.45, 2.75) is 6.92 Å². The molecule has 1 aromatic heterocycles. The number of hydrogen-bond acceptors (Lipinski definition) is 1. The molecule has 3 rings (SSSR count). The lowest BCUT2D eigenvalue weighted by atomic mass is 10.2. The summed E-state index contributed by atoms with van der Waals surface area (Å²) in [6.07, 6.45) is 0. The summed E-state index contributed by atoms with van der Waals surface area (Å²) in [5.41, 5.74) is 3.00. The molecule has 0 aliphatic carbocycles. The van der Waals surface area contributed by atoms with Gasteiger partial charge in [-0.15, -0.1) is 0 Å². The van der Waals surface area contributed by atoms with Crippen LogP contribution in [0.4, 0.5) is 0 Å². The van der Waals surface area contributed by atoms with Gasteiger partial charge < -0.3 is 0 Å². The molecular formula is C14H12N2O. The molecule has 0 aliphatic rings. The first kappa shape index (κ1) is 9.90. The smallest absolute Gasteiger partial charge is 0.267 e. The fraction of sp³-hybridized carbons (Fsp3) is 0.0714. The van der Waals surface area contributed by atoms with E-state index in [1.165, 1.54) is 5.56 Å². The highest BCUT2D eigenvalue weighted by Crippen LogP contribution is 2.15. The molecule has 0 aliphatic heterocycles. The number of para-hydroxylation sites is 1. The number of benzene rings is 2. The molecular weight excluding hydrogens is 212 g/mol. The summed E-state index contributed by atoms with van der Waals surface area (Å²) in [5, 5.41) is 3.57. The molecule has 1 heterocycles. The average molecular weight is 224 g/mol. The summed E-state index contributed by atoms with van der Waals surface area (Å²) < 4.78 is 1.82. The lowest BCUT2D eigenvalue weighted by Gasteiger charge is -2.04. The summed E-state index contributed by atoms with van der Waals surface area (Å²) in [6.45, 7) is 2.04. The SMILES string of the molecule is Cc1cccc(-n2[nH]c(=O)c3ccccc32)c1. The van der Waals surface area contributed by atoms with Crippen molar-refractivity contribution in [2.24, 2.45) is 0 Å². The van der Waals surface area contributed by atoms with Crippen LogP contribution in [0.1, 0.15) is 5.56 Å². The molecule has 0 fully saturated rings. The molecule has 0 atom stereocenters. The Morgan fingerprint density at radius 2 is 1.88 bits per heavy atom. The first-order valence-corrected chi connectivity index (χ1v) is 5.52. The number of rotatable bonds is 1. The van der Waals surface area contributed by atoms with Crippen molar-refractivity contribution in [3.63, 3.8) is 0 Å². The van der Waals surface area contributed by atoms with Crippen LogP contribution in [-0.2, 0) is 0 Å². The van der Waals surface area contributed by atoms with E-state index in [0.29, 0.717) is 5.39 Å². The van der Waals surface area contributed by atoms with Gasteiger partial charge in [-0.1, -0.05) is 24.3 Å². The fourth-order valence-corrected chi connectivity index (χ4v) is 2.05. The van der Waals surface area contributed by atoms with Gasteiger partial charge in [0.25, 0.3) is 5.56 Å². The zero-order valence-corrected chi connectivity index (χ0v) is 9.47. The zero-order chi connectivity index (χ0) is 11.8. The highest BCUT2D eigenvalue weighted by atomic mass is 16.1. The van der Waals surface area contributed by atoms with Crippen molar-refractivity contribution in [2.75, 3.05) is 0 Å². The second kappa shape index (κ2) is 3.63. The van der Waals surface area contributed by atoms with Gasteiger partial charge in [0.2, 0.25) is 0 Å². The molecule has 3 heteroatoms. The molecule has 3 aromatic rings. The van der Waals surface area contributed by atoms with Crippen LogP contribution in [0, 0.1) is 6.92 Å². The van der Waals surface area contributed by atoms with E-state index in [1.54, 1.807) is 0 Å². The van der Waals surface area contributed by atoms with Gasteiger partial charge >= 0.3 is 0 Å². The largest absolute Gasteiger partial charge is 0.272 e. The number of nitrogens with one attached hydrogen (secondary N) is 1. The minimum Gasteiger partial charge on any atom is -0.267 e. The van der Waals surface area contributed by atoms with Gasteiger partial charge in [0.05, 0.1) is 16.6 Å². The summed E-state index contributed by atoms with van der Waals surface area (Å²) in [4.78, 5) is 11.8. The van der Waals surface area contributed by atoms with Gasteiger partial charge in [0.1, 0.15) is 0 Å². The summed E-state index contributed by atoms with van der Waals surface area (Å²) in [6, 6.07) is 15.6. The molecule has 0 amide bonds. The van der Waals surface area contributed by atoms with E-state index in [9.17, 15) is 4.79 Å². The molecule has 0 radical (unpaired) electrons. The first-order valence-electron chi connectivity index (χ1n) is 5.52. The van der Waals surface area contributed by atoms with Crippen LogP contribution in [0.5, 0.6) is 0 Å². The van der Waals surface area contributed by atoms with Crippen molar-refractivity contribution in [3.8, 4) is 5.69 Å².